The number of carbonyl (C=O) groups is 2. The third kappa shape index (κ3) is 8.15. The number of hydrogen-bond acceptors (Lipinski definition) is 5. The number of carbonyl (C=O) groups excluding carboxylic acids is 2. The Kier molecular flexibility index (Phi) is 8.53. The molecule has 1 unspecified atom stereocenters. The second kappa shape index (κ2) is 9.33. The number of esters is 2. The van der Waals surface area contributed by atoms with Gasteiger partial charge in [-0.05, 0) is 26.7 Å². The minimum atomic E-state index is -0.347. The van der Waals surface area contributed by atoms with Crippen LogP contribution in [0.1, 0.15) is 26.7 Å². The first-order chi connectivity index (χ1) is 8.88. The van der Waals surface area contributed by atoms with Crippen molar-refractivity contribution in [2.24, 2.45) is 0 Å². The summed E-state index contributed by atoms with van der Waals surface area (Å²) in [6.07, 6.45) is 2.16. The van der Waals surface area contributed by atoms with Crippen LogP contribution in [0.4, 0.5) is 0 Å². The molecule has 19 heavy (non-hydrogen) atoms. The summed E-state index contributed by atoms with van der Waals surface area (Å²) in [5.74, 6) is -0.675. The molecule has 1 saturated heterocycles. The maximum Gasteiger partial charge on any atom is 0.333 e. The summed E-state index contributed by atoms with van der Waals surface area (Å²) >= 11 is 0. The Balaban J connectivity index is 0.000000399. The fourth-order valence-electron chi connectivity index (χ4n) is 1.24. The van der Waals surface area contributed by atoms with E-state index in [9.17, 15) is 9.59 Å². The van der Waals surface area contributed by atoms with E-state index < -0.39 is 0 Å². The molecule has 0 aromatic rings. The molecule has 0 radical (unpaired) electrons. The fraction of sp³-hybridized carbons (Fsp3) is 0.571. The van der Waals surface area contributed by atoms with Gasteiger partial charge < -0.3 is 14.2 Å². The van der Waals surface area contributed by atoms with E-state index in [0.717, 1.165) is 19.4 Å². The van der Waals surface area contributed by atoms with Crippen molar-refractivity contribution < 1.29 is 23.8 Å². The Morgan fingerprint density at radius 2 is 1.79 bits per heavy atom. The molecule has 0 aromatic carbocycles. The highest BCUT2D eigenvalue weighted by Gasteiger charge is 2.17. The van der Waals surface area contributed by atoms with Crippen molar-refractivity contribution >= 4 is 11.9 Å². The zero-order valence-electron chi connectivity index (χ0n) is 11.9. The zero-order valence-corrected chi connectivity index (χ0v) is 11.9. The van der Waals surface area contributed by atoms with E-state index in [2.05, 4.69) is 17.9 Å². The van der Waals surface area contributed by atoms with Crippen LogP contribution in [0.5, 0.6) is 0 Å². The predicted octanol–water partition coefficient (Wildman–Crippen LogP) is 2.02. The van der Waals surface area contributed by atoms with Gasteiger partial charge in [0.15, 0.2) is 0 Å². The Bertz CT molecular complexity index is 340. The molecule has 0 N–H and O–H groups in total. The average Bonchev–Trinajstić information content (AvgIpc) is 2.88. The van der Waals surface area contributed by atoms with E-state index in [0.29, 0.717) is 17.8 Å². The van der Waals surface area contributed by atoms with Gasteiger partial charge in [0, 0.05) is 17.8 Å². The van der Waals surface area contributed by atoms with Crippen molar-refractivity contribution in [1.82, 2.24) is 0 Å². The Morgan fingerprint density at radius 3 is 2.11 bits per heavy atom. The minimum Gasteiger partial charge on any atom is -0.466 e. The molecule has 1 rings (SSSR count). The van der Waals surface area contributed by atoms with Crippen molar-refractivity contribution in [3.05, 3.63) is 24.3 Å². The van der Waals surface area contributed by atoms with Crippen LogP contribution >= 0.6 is 0 Å². The van der Waals surface area contributed by atoms with Crippen LogP contribution in [0.3, 0.4) is 0 Å². The van der Waals surface area contributed by atoms with Gasteiger partial charge in [-0.1, -0.05) is 13.2 Å². The molecule has 5 heteroatoms. The smallest absolute Gasteiger partial charge is 0.333 e. The van der Waals surface area contributed by atoms with Crippen molar-refractivity contribution in [1.29, 1.82) is 0 Å². The summed E-state index contributed by atoms with van der Waals surface area (Å²) < 4.78 is 14.5. The lowest BCUT2D eigenvalue weighted by Gasteiger charge is -2.09. The van der Waals surface area contributed by atoms with E-state index in [4.69, 9.17) is 9.47 Å². The van der Waals surface area contributed by atoms with E-state index >= 15 is 0 Å². The van der Waals surface area contributed by atoms with Gasteiger partial charge in [0.2, 0.25) is 0 Å². The summed E-state index contributed by atoms with van der Waals surface area (Å²) in [5, 5.41) is 0. The Hall–Kier alpha value is -1.62. The van der Waals surface area contributed by atoms with Gasteiger partial charge in [-0.2, -0.15) is 0 Å². The number of rotatable bonds is 4. The first kappa shape index (κ1) is 17.4. The van der Waals surface area contributed by atoms with Crippen LogP contribution in [0, 0.1) is 0 Å². The Morgan fingerprint density at radius 1 is 1.21 bits per heavy atom. The summed E-state index contributed by atoms with van der Waals surface area (Å²) in [6, 6.07) is 0. The molecular formula is C14H22O5. The second-order valence-corrected chi connectivity index (χ2v) is 4.29. The molecule has 0 bridgehead atoms. The maximum absolute atomic E-state index is 10.9. The fourth-order valence-corrected chi connectivity index (χ4v) is 1.24. The monoisotopic (exact) mass is 270 g/mol. The van der Waals surface area contributed by atoms with Crippen LogP contribution in [0.25, 0.3) is 0 Å². The molecule has 0 aromatic heterocycles. The Labute approximate surface area is 114 Å². The highest BCUT2D eigenvalue weighted by molar-refractivity contribution is 5.87. The predicted molar refractivity (Wildman–Crippen MR) is 71.6 cm³/mol. The van der Waals surface area contributed by atoms with Crippen molar-refractivity contribution in [3.8, 4) is 0 Å². The van der Waals surface area contributed by atoms with Gasteiger partial charge in [0.1, 0.15) is 6.61 Å². The maximum atomic E-state index is 10.9. The standard InChI is InChI=1S/C9H14O3.C5H8O2/c1-7(2)9(10)12-6-8-4-3-5-11-8;1-4(2)5(6)7-3/h8H,1,3-6H2,2H3;1H2,2-3H3. The van der Waals surface area contributed by atoms with E-state index in [1.807, 2.05) is 0 Å². The normalized spacial score (nSPS) is 16.9. The van der Waals surface area contributed by atoms with Crippen molar-refractivity contribution in [2.75, 3.05) is 20.3 Å². The first-order valence-electron chi connectivity index (χ1n) is 6.06. The average molecular weight is 270 g/mol. The number of hydrogen-bond donors (Lipinski definition) is 0. The first-order valence-corrected chi connectivity index (χ1v) is 6.06. The van der Waals surface area contributed by atoms with Crippen LogP contribution < -0.4 is 0 Å². The van der Waals surface area contributed by atoms with Crippen LogP contribution in [0.2, 0.25) is 0 Å². The third-order valence-corrected chi connectivity index (χ3v) is 2.31. The van der Waals surface area contributed by atoms with Crippen LogP contribution in [-0.4, -0.2) is 38.4 Å². The lowest BCUT2D eigenvalue weighted by molar-refractivity contribution is -0.142. The zero-order chi connectivity index (χ0) is 14.8. The van der Waals surface area contributed by atoms with Crippen LogP contribution in [0.15, 0.2) is 24.3 Å². The lowest BCUT2D eigenvalue weighted by Crippen LogP contribution is -2.17. The molecule has 1 heterocycles. The minimum absolute atomic E-state index is 0.105. The molecular weight excluding hydrogens is 248 g/mol. The van der Waals surface area contributed by atoms with Crippen molar-refractivity contribution in [2.45, 2.75) is 32.8 Å². The molecule has 1 fully saturated rings. The largest absolute Gasteiger partial charge is 0.466 e. The molecule has 5 nitrogen and oxygen atoms in total. The quantitative estimate of drug-likeness (QED) is 0.577. The topological polar surface area (TPSA) is 61.8 Å². The van der Waals surface area contributed by atoms with Gasteiger partial charge in [0.25, 0.3) is 0 Å². The summed E-state index contributed by atoms with van der Waals surface area (Å²) in [5.41, 5.74) is 0.871. The molecule has 0 aliphatic carbocycles. The molecule has 1 atom stereocenters. The summed E-state index contributed by atoms with van der Waals surface area (Å²) in [4.78, 5) is 21.1. The van der Waals surface area contributed by atoms with Gasteiger partial charge in [0.05, 0.1) is 13.2 Å². The SMILES string of the molecule is C=C(C)C(=O)OC.C=C(C)C(=O)OCC1CCCO1. The molecule has 0 saturated carbocycles. The van der Waals surface area contributed by atoms with Crippen LogP contribution in [-0.2, 0) is 23.8 Å². The number of ether oxygens (including phenoxy) is 3. The molecule has 108 valence electrons. The van der Waals surface area contributed by atoms with Gasteiger partial charge >= 0.3 is 11.9 Å². The highest BCUT2D eigenvalue weighted by Crippen LogP contribution is 2.12. The molecule has 1 aliphatic heterocycles. The van der Waals surface area contributed by atoms with Gasteiger partial charge in [-0.15, -0.1) is 0 Å². The van der Waals surface area contributed by atoms with Crippen molar-refractivity contribution in [3.63, 3.8) is 0 Å². The highest BCUT2D eigenvalue weighted by atomic mass is 16.6. The third-order valence-electron chi connectivity index (χ3n) is 2.31. The lowest BCUT2D eigenvalue weighted by atomic mass is 10.2. The van der Waals surface area contributed by atoms with Gasteiger partial charge in [-0.3, -0.25) is 0 Å². The van der Waals surface area contributed by atoms with Gasteiger partial charge in [-0.25, -0.2) is 9.59 Å². The summed E-state index contributed by atoms with van der Waals surface area (Å²) in [6.45, 7) is 11.2. The molecule has 1 aliphatic rings. The molecule has 0 spiro atoms. The summed E-state index contributed by atoms with van der Waals surface area (Å²) in [7, 11) is 1.33. The van der Waals surface area contributed by atoms with E-state index in [1.54, 1.807) is 13.8 Å². The van der Waals surface area contributed by atoms with E-state index in [-0.39, 0.29) is 18.0 Å². The van der Waals surface area contributed by atoms with E-state index in [1.165, 1.54) is 7.11 Å². The molecule has 0 amide bonds. The second-order valence-electron chi connectivity index (χ2n) is 4.29. The number of methoxy groups -OCH3 is 1.